The molecule has 0 bridgehead atoms. The van der Waals surface area contributed by atoms with Crippen LogP contribution in [0.4, 0.5) is 0 Å². The fourth-order valence-electron chi connectivity index (χ4n) is 0.809. The summed E-state index contributed by atoms with van der Waals surface area (Å²) in [4.78, 5) is 0. The molecular weight excluding hydrogens is 210 g/mol. The van der Waals surface area contributed by atoms with Gasteiger partial charge in [0.2, 0.25) is 10.0 Å². The van der Waals surface area contributed by atoms with Gasteiger partial charge in [-0.25, -0.2) is 13.1 Å². The fourth-order valence-corrected chi connectivity index (χ4v) is 2.59. The van der Waals surface area contributed by atoms with Gasteiger partial charge >= 0.3 is 0 Å². The van der Waals surface area contributed by atoms with Crippen molar-refractivity contribution in [3.63, 3.8) is 0 Å². The Morgan fingerprint density at radius 2 is 1.92 bits per heavy atom. The molecule has 0 aromatic carbocycles. The van der Waals surface area contributed by atoms with E-state index in [0.717, 1.165) is 0 Å². The fraction of sp³-hybridized carbons (Fsp3) is 0.750. The van der Waals surface area contributed by atoms with E-state index in [1.807, 2.05) is 20.8 Å². The summed E-state index contributed by atoms with van der Waals surface area (Å²) in [5.41, 5.74) is -0.251. The second kappa shape index (κ2) is 4.44. The van der Waals surface area contributed by atoms with Crippen LogP contribution in [0.5, 0.6) is 0 Å². The summed E-state index contributed by atoms with van der Waals surface area (Å²) in [5, 5.41) is 0.289. The number of sulfonamides is 1. The van der Waals surface area contributed by atoms with Gasteiger partial charge in [-0.2, -0.15) is 0 Å². The molecule has 0 fully saturated rings. The second-order valence-electron chi connectivity index (χ2n) is 4.16. The van der Waals surface area contributed by atoms with Crippen LogP contribution in [0, 0.1) is 5.41 Å². The van der Waals surface area contributed by atoms with E-state index in [-0.39, 0.29) is 22.7 Å². The molecule has 0 aliphatic heterocycles. The lowest BCUT2D eigenvalue weighted by Gasteiger charge is -2.18. The molecule has 0 radical (unpaired) electrons. The number of halogens is 1. The molecule has 0 unspecified atom stereocenters. The summed E-state index contributed by atoms with van der Waals surface area (Å²) in [7, 11) is -3.23. The van der Waals surface area contributed by atoms with Crippen LogP contribution in [0.1, 0.15) is 20.8 Å². The number of nitrogens with one attached hydrogen (secondary N) is 1. The van der Waals surface area contributed by atoms with Gasteiger partial charge in [0.05, 0.1) is 5.75 Å². The van der Waals surface area contributed by atoms with Crippen LogP contribution >= 0.6 is 11.6 Å². The highest BCUT2D eigenvalue weighted by atomic mass is 35.5. The number of hydrogen-bond acceptors (Lipinski definition) is 2. The Balaban J connectivity index is 4.19. The highest BCUT2D eigenvalue weighted by molar-refractivity contribution is 7.89. The first-order chi connectivity index (χ1) is 5.62. The third-order valence-electron chi connectivity index (χ3n) is 1.11. The lowest BCUT2D eigenvalue weighted by Crippen LogP contribution is -2.32. The zero-order valence-electron chi connectivity index (χ0n) is 8.22. The van der Waals surface area contributed by atoms with Gasteiger partial charge < -0.3 is 0 Å². The van der Waals surface area contributed by atoms with Crippen LogP contribution < -0.4 is 4.72 Å². The van der Waals surface area contributed by atoms with Crippen molar-refractivity contribution in [1.29, 1.82) is 0 Å². The Bertz CT molecular complexity index is 277. The van der Waals surface area contributed by atoms with Crippen molar-refractivity contribution in [2.45, 2.75) is 20.8 Å². The minimum Gasteiger partial charge on any atom is -0.212 e. The normalized spacial score (nSPS) is 12.9. The van der Waals surface area contributed by atoms with Crippen LogP contribution in [0.15, 0.2) is 11.6 Å². The van der Waals surface area contributed by atoms with Gasteiger partial charge in [0.25, 0.3) is 0 Å². The third kappa shape index (κ3) is 8.28. The zero-order chi connectivity index (χ0) is 10.7. The summed E-state index contributed by atoms with van der Waals surface area (Å²) >= 11 is 5.43. The molecule has 78 valence electrons. The maximum absolute atomic E-state index is 11.3. The molecule has 1 N–H and O–H groups in total. The van der Waals surface area contributed by atoms with Crippen LogP contribution in [-0.2, 0) is 10.0 Å². The molecule has 0 heterocycles. The van der Waals surface area contributed by atoms with Crippen molar-refractivity contribution < 1.29 is 8.42 Å². The zero-order valence-corrected chi connectivity index (χ0v) is 9.80. The molecule has 3 nitrogen and oxygen atoms in total. The molecule has 0 aromatic heterocycles. The van der Waals surface area contributed by atoms with E-state index >= 15 is 0 Å². The van der Waals surface area contributed by atoms with Gasteiger partial charge in [-0.15, -0.1) is 0 Å². The predicted octanol–water partition coefficient (Wildman–Crippen LogP) is 1.70. The average Bonchev–Trinajstić information content (AvgIpc) is 1.78. The summed E-state index contributed by atoms with van der Waals surface area (Å²) in [6.07, 6.45) is 0. The molecule has 13 heavy (non-hydrogen) atoms. The molecule has 0 saturated heterocycles. The number of rotatable bonds is 4. The second-order valence-corrected chi connectivity index (χ2v) is 6.50. The van der Waals surface area contributed by atoms with Crippen molar-refractivity contribution in [2.24, 2.45) is 5.41 Å². The van der Waals surface area contributed by atoms with Crippen LogP contribution in [-0.4, -0.2) is 20.7 Å². The molecule has 0 atom stereocenters. The summed E-state index contributed by atoms with van der Waals surface area (Å²) < 4.78 is 25.0. The SMILES string of the molecule is C=C(Cl)CNS(=O)(=O)CC(C)(C)C. The average molecular weight is 226 g/mol. The molecular formula is C8H16ClNO2S. The van der Waals surface area contributed by atoms with Crippen molar-refractivity contribution in [3.8, 4) is 0 Å². The Kier molecular flexibility index (Phi) is 4.42. The van der Waals surface area contributed by atoms with E-state index in [1.54, 1.807) is 0 Å². The van der Waals surface area contributed by atoms with E-state index < -0.39 is 10.0 Å². The van der Waals surface area contributed by atoms with Crippen LogP contribution in [0.2, 0.25) is 0 Å². The Morgan fingerprint density at radius 1 is 1.46 bits per heavy atom. The maximum atomic E-state index is 11.3. The largest absolute Gasteiger partial charge is 0.212 e. The summed E-state index contributed by atoms with van der Waals surface area (Å²) in [6, 6.07) is 0. The third-order valence-corrected chi connectivity index (χ3v) is 3.07. The van der Waals surface area contributed by atoms with Crippen molar-refractivity contribution in [2.75, 3.05) is 12.3 Å². The van der Waals surface area contributed by atoms with Gasteiger partial charge in [0.15, 0.2) is 0 Å². The first-order valence-electron chi connectivity index (χ1n) is 3.93. The number of hydrogen-bond donors (Lipinski definition) is 1. The highest BCUT2D eigenvalue weighted by Crippen LogP contribution is 2.15. The van der Waals surface area contributed by atoms with Crippen LogP contribution in [0.25, 0.3) is 0 Å². The summed E-state index contributed by atoms with van der Waals surface area (Å²) in [6.45, 7) is 9.08. The lowest BCUT2D eigenvalue weighted by molar-refractivity contribution is 0.459. The van der Waals surface area contributed by atoms with Gasteiger partial charge in [-0.05, 0) is 5.41 Å². The summed E-state index contributed by atoms with van der Waals surface area (Å²) in [5.74, 6) is 0.0875. The van der Waals surface area contributed by atoms with Crippen molar-refractivity contribution >= 4 is 21.6 Å². The van der Waals surface area contributed by atoms with E-state index in [4.69, 9.17) is 11.6 Å². The van der Waals surface area contributed by atoms with Gasteiger partial charge in [0.1, 0.15) is 0 Å². The quantitative estimate of drug-likeness (QED) is 0.792. The van der Waals surface area contributed by atoms with Gasteiger partial charge in [0, 0.05) is 11.6 Å². The van der Waals surface area contributed by atoms with Crippen LogP contribution in [0.3, 0.4) is 0 Å². The Hall–Kier alpha value is -0.0600. The lowest BCUT2D eigenvalue weighted by atomic mass is 10.0. The van der Waals surface area contributed by atoms with Crippen molar-refractivity contribution in [1.82, 2.24) is 4.72 Å². The van der Waals surface area contributed by atoms with Crippen molar-refractivity contribution in [3.05, 3.63) is 11.6 Å². The Labute approximate surface area is 85.2 Å². The molecule has 0 aromatic rings. The maximum Gasteiger partial charge on any atom is 0.212 e. The molecule has 0 aliphatic rings. The van der Waals surface area contributed by atoms with E-state index in [0.29, 0.717) is 0 Å². The predicted molar refractivity (Wildman–Crippen MR) is 56.2 cm³/mol. The first kappa shape index (κ1) is 12.9. The minimum atomic E-state index is -3.23. The molecule has 5 heteroatoms. The Morgan fingerprint density at radius 3 is 2.23 bits per heavy atom. The van der Waals surface area contributed by atoms with E-state index in [9.17, 15) is 8.42 Å². The molecule has 0 aliphatic carbocycles. The molecule has 0 rings (SSSR count). The highest BCUT2D eigenvalue weighted by Gasteiger charge is 2.20. The molecule has 0 spiro atoms. The smallest absolute Gasteiger partial charge is 0.212 e. The molecule has 0 amide bonds. The monoisotopic (exact) mass is 225 g/mol. The van der Waals surface area contributed by atoms with Gasteiger partial charge in [-0.1, -0.05) is 39.0 Å². The first-order valence-corrected chi connectivity index (χ1v) is 5.96. The molecule has 0 saturated carbocycles. The van der Waals surface area contributed by atoms with E-state index in [2.05, 4.69) is 11.3 Å². The van der Waals surface area contributed by atoms with Gasteiger partial charge in [-0.3, -0.25) is 0 Å². The van der Waals surface area contributed by atoms with E-state index in [1.165, 1.54) is 0 Å². The minimum absolute atomic E-state index is 0.0875. The topological polar surface area (TPSA) is 46.2 Å². The standard InChI is InChI=1S/C8H16ClNO2S/c1-7(9)5-10-13(11,12)6-8(2,3)4/h10H,1,5-6H2,2-4H3.